The van der Waals surface area contributed by atoms with Crippen LogP contribution in [-0.2, 0) is 11.3 Å². The van der Waals surface area contributed by atoms with Crippen LogP contribution in [0.2, 0.25) is 0 Å². The maximum Gasteiger partial charge on any atom is 0.405 e. The van der Waals surface area contributed by atoms with Crippen molar-refractivity contribution < 1.29 is 18.0 Å². The van der Waals surface area contributed by atoms with Gasteiger partial charge in [-0.3, -0.25) is 14.4 Å². The second kappa shape index (κ2) is 7.54. The lowest BCUT2D eigenvalue weighted by Crippen LogP contribution is -2.57. The highest BCUT2D eigenvalue weighted by Crippen LogP contribution is 2.24. The first-order valence-corrected chi connectivity index (χ1v) is 7.09. The molecule has 7 nitrogen and oxygen atoms in total. The Bertz CT molecular complexity index is 458. The van der Waals surface area contributed by atoms with Crippen molar-refractivity contribution in [3.8, 4) is 0 Å². The molecule has 1 aromatic rings. The minimum Gasteiger partial charge on any atom is -0.354 e. The number of carbonyl (C=O) groups is 1. The van der Waals surface area contributed by atoms with Gasteiger partial charge in [-0.05, 0) is 0 Å². The molecular formula is C12H19F3N6O. The summed E-state index contributed by atoms with van der Waals surface area (Å²) < 4.78 is 40.8. The van der Waals surface area contributed by atoms with Gasteiger partial charge in [0.1, 0.15) is 6.04 Å². The molecular weight excluding hydrogens is 301 g/mol. The first-order chi connectivity index (χ1) is 10.5. The summed E-state index contributed by atoms with van der Waals surface area (Å²) in [5.74, 6) is -0.431. The molecule has 1 aliphatic heterocycles. The van der Waals surface area contributed by atoms with Gasteiger partial charge < -0.3 is 10.6 Å². The summed E-state index contributed by atoms with van der Waals surface area (Å²) in [5, 5.41) is 12.7. The molecule has 1 aromatic heterocycles. The number of amides is 1. The van der Waals surface area contributed by atoms with Gasteiger partial charge in [0.15, 0.2) is 0 Å². The summed E-state index contributed by atoms with van der Waals surface area (Å²) in [4.78, 5) is 13.0. The molecule has 0 aliphatic carbocycles. The summed E-state index contributed by atoms with van der Waals surface area (Å²) in [5.41, 5.74) is 0. The monoisotopic (exact) mass is 320 g/mol. The lowest BCUT2D eigenvalue weighted by atomic mass is 10.2. The summed E-state index contributed by atoms with van der Waals surface area (Å²) in [7, 11) is 0. The average Bonchev–Trinajstić information content (AvgIpc) is 2.98. The molecule has 1 atom stereocenters. The molecule has 1 aliphatic rings. The van der Waals surface area contributed by atoms with Crippen molar-refractivity contribution in [3.05, 3.63) is 12.4 Å². The lowest BCUT2D eigenvalue weighted by molar-refractivity contribution is -0.184. The summed E-state index contributed by atoms with van der Waals surface area (Å²) >= 11 is 0. The van der Waals surface area contributed by atoms with E-state index in [4.69, 9.17) is 0 Å². The Balaban J connectivity index is 1.81. The Hall–Kier alpha value is -1.68. The number of hydrogen-bond donors (Lipinski definition) is 2. The molecule has 22 heavy (non-hydrogen) atoms. The molecule has 0 radical (unpaired) electrons. The fourth-order valence-corrected chi connectivity index (χ4v) is 2.31. The Morgan fingerprint density at radius 1 is 1.36 bits per heavy atom. The number of hydrogen-bond acceptors (Lipinski definition) is 5. The van der Waals surface area contributed by atoms with Gasteiger partial charge in [-0.15, -0.1) is 5.10 Å². The van der Waals surface area contributed by atoms with Crippen molar-refractivity contribution in [2.24, 2.45) is 0 Å². The van der Waals surface area contributed by atoms with Crippen LogP contribution in [0.5, 0.6) is 0 Å². The van der Waals surface area contributed by atoms with E-state index in [9.17, 15) is 18.0 Å². The molecule has 0 aromatic carbocycles. The Labute approximate surface area is 125 Å². The average molecular weight is 320 g/mol. The third-order valence-corrected chi connectivity index (χ3v) is 3.50. The van der Waals surface area contributed by atoms with Crippen molar-refractivity contribution in [2.45, 2.75) is 25.2 Å². The number of aromatic nitrogens is 3. The number of aryl methyl sites for hydroxylation is 1. The van der Waals surface area contributed by atoms with Crippen LogP contribution in [0.15, 0.2) is 12.4 Å². The smallest absolute Gasteiger partial charge is 0.354 e. The number of halogens is 3. The standard InChI is InChI=1S/C12H19F3N6O/c13-12(14,15)10(20-6-2-16-3-7-20)9-17-11(22)1-5-21-8-4-18-19-21/h4,8,10,16H,1-3,5-7,9H2,(H,17,22). The van der Waals surface area contributed by atoms with E-state index in [2.05, 4.69) is 20.9 Å². The number of nitrogens with zero attached hydrogens (tertiary/aromatic N) is 4. The number of carbonyl (C=O) groups excluding carboxylic acids is 1. The molecule has 0 bridgehead atoms. The van der Waals surface area contributed by atoms with E-state index >= 15 is 0 Å². The van der Waals surface area contributed by atoms with E-state index in [1.807, 2.05) is 0 Å². The number of alkyl halides is 3. The molecule has 124 valence electrons. The minimum atomic E-state index is -4.36. The lowest BCUT2D eigenvalue weighted by Gasteiger charge is -2.35. The molecule has 1 unspecified atom stereocenters. The van der Waals surface area contributed by atoms with Gasteiger partial charge in [0.2, 0.25) is 5.91 Å². The third kappa shape index (κ3) is 4.95. The van der Waals surface area contributed by atoms with Crippen molar-refractivity contribution in [1.29, 1.82) is 0 Å². The molecule has 2 heterocycles. The van der Waals surface area contributed by atoms with Crippen LogP contribution < -0.4 is 10.6 Å². The van der Waals surface area contributed by atoms with Crippen LogP contribution >= 0.6 is 0 Å². The fourth-order valence-electron chi connectivity index (χ4n) is 2.31. The highest BCUT2D eigenvalue weighted by Gasteiger charge is 2.43. The zero-order valence-electron chi connectivity index (χ0n) is 12.0. The minimum absolute atomic E-state index is 0.0650. The molecule has 1 saturated heterocycles. The number of rotatable bonds is 6. The maximum atomic E-state index is 13.1. The molecule has 1 amide bonds. The topological polar surface area (TPSA) is 75.1 Å². The van der Waals surface area contributed by atoms with Crippen LogP contribution in [0.1, 0.15) is 6.42 Å². The van der Waals surface area contributed by atoms with Crippen LogP contribution in [-0.4, -0.2) is 70.7 Å². The normalized spacial score (nSPS) is 18.1. The molecule has 2 N–H and O–H groups in total. The van der Waals surface area contributed by atoms with Gasteiger partial charge in [0, 0.05) is 45.3 Å². The van der Waals surface area contributed by atoms with Crippen molar-refractivity contribution in [3.63, 3.8) is 0 Å². The number of piperazine rings is 1. The van der Waals surface area contributed by atoms with Crippen molar-refractivity contribution in [2.75, 3.05) is 32.7 Å². The second-order valence-corrected chi connectivity index (χ2v) is 5.06. The maximum absolute atomic E-state index is 13.1. The van der Waals surface area contributed by atoms with E-state index in [1.165, 1.54) is 15.8 Å². The Morgan fingerprint density at radius 3 is 2.68 bits per heavy atom. The summed E-state index contributed by atoms with van der Waals surface area (Å²) in [6.45, 7) is 1.54. The van der Waals surface area contributed by atoms with E-state index in [0.29, 0.717) is 26.2 Å². The van der Waals surface area contributed by atoms with Crippen LogP contribution in [0, 0.1) is 0 Å². The second-order valence-electron chi connectivity index (χ2n) is 5.06. The van der Waals surface area contributed by atoms with Crippen molar-refractivity contribution in [1.82, 2.24) is 30.5 Å². The predicted molar refractivity (Wildman–Crippen MR) is 71.9 cm³/mol. The zero-order valence-corrected chi connectivity index (χ0v) is 12.0. The third-order valence-electron chi connectivity index (χ3n) is 3.50. The summed E-state index contributed by atoms with van der Waals surface area (Å²) in [6.07, 6.45) is -1.24. The van der Waals surface area contributed by atoms with E-state index in [1.54, 1.807) is 6.20 Å². The largest absolute Gasteiger partial charge is 0.405 e. The van der Waals surface area contributed by atoms with Gasteiger partial charge in [-0.25, -0.2) is 0 Å². The molecule has 1 fully saturated rings. The molecule has 0 spiro atoms. The fraction of sp³-hybridized carbons (Fsp3) is 0.750. The van der Waals surface area contributed by atoms with E-state index in [0.717, 1.165) is 0 Å². The SMILES string of the molecule is O=C(CCn1ccnn1)NCC(N1CCNCC1)C(F)(F)F. The van der Waals surface area contributed by atoms with Crippen LogP contribution in [0.3, 0.4) is 0 Å². The zero-order chi connectivity index (χ0) is 16.0. The first-order valence-electron chi connectivity index (χ1n) is 7.09. The highest BCUT2D eigenvalue weighted by molar-refractivity contribution is 5.75. The number of nitrogens with one attached hydrogen (secondary N) is 2. The first kappa shape index (κ1) is 16.7. The van der Waals surface area contributed by atoms with Crippen molar-refractivity contribution >= 4 is 5.91 Å². The van der Waals surface area contributed by atoms with E-state index < -0.39 is 24.7 Å². The van der Waals surface area contributed by atoms with Gasteiger partial charge >= 0.3 is 6.18 Å². The van der Waals surface area contributed by atoms with Gasteiger partial charge in [-0.2, -0.15) is 13.2 Å². The Kier molecular flexibility index (Phi) is 5.72. The van der Waals surface area contributed by atoms with E-state index in [-0.39, 0.29) is 13.0 Å². The molecule has 2 rings (SSSR count). The van der Waals surface area contributed by atoms with Crippen LogP contribution in [0.25, 0.3) is 0 Å². The quantitative estimate of drug-likeness (QED) is 0.747. The van der Waals surface area contributed by atoms with Crippen LogP contribution in [0.4, 0.5) is 13.2 Å². The summed E-state index contributed by atoms with van der Waals surface area (Å²) in [6, 6.07) is -1.65. The van der Waals surface area contributed by atoms with Gasteiger partial charge in [0.25, 0.3) is 0 Å². The molecule has 0 saturated carbocycles. The molecule has 10 heteroatoms. The van der Waals surface area contributed by atoms with Gasteiger partial charge in [-0.1, -0.05) is 5.21 Å². The Morgan fingerprint density at radius 2 is 2.09 bits per heavy atom. The predicted octanol–water partition coefficient (Wildman–Crippen LogP) is -0.379. The van der Waals surface area contributed by atoms with Gasteiger partial charge in [0.05, 0.1) is 12.7 Å². The highest BCUT2D eigenvalue weighted by atomic mass is 19.4.